The minimum atomic E-state index is 0.0131. The zero-order valence-electron chi connectivity index (χ0n) is 22.9. The summed E-state index contributed by atoms with van der Waals surface area (Å²) in [4.78, 5) is 19.1. The average Bonchev–Trinajstić information content (AvgIpc) is 3.75. The van der Waals surface area contributed by atoms with E-state index in [9.17, 15) is 4.79 Å². The van der Waals surface area contributed by atoms with Crippen molar-refractivity contribution in [1.82, 2.24) is 0 Å². The Hall–Kier alpha value is -4.25. The van der Waals surface area contributed by atoms with Crippen molar-refractivity contribution in [3.63, 3.8) is 0 Å². The second kappa shape index (κ2) is 12.3. The molecule has 4 aromatic rings. The average molecular weight is 533 g/mol. The number of carbonyl (C=O) groups is 1. The normalized spacial score (nSPS) is 14.9. The molecule has 5 nitrogen and oxygen atoms in total. The predicted molar refractivity (Wildman–Crippen MR) is 161 cm³/mol. The summed E-state index contributed by atoms with van der Waals surface area (Å²) in [6, 6.07) is 32.1. The van der Waals surface area contributed by atoms with Crippen LogP contribution in [-0.4, -0.2) is 32.0 Å². The van der Waals surface area contributed by atoms with Gasteiger partial charge < -0.3 is 19.3 Å². The summed E-state index contributed by atoms with van der Waals surface area (Å²) in [5.41, 5.74) is 5.39. The molecule has 0 atom stereocenters. The van der Waals surface area contributed by atoms with Crippen LogP contribution in [0.4, 0.5) is 11.4 Å². The molecule has 6 rings (SSSR count). The molecule has 40 heavy (non-hydrogen) atoms. The monoisotopic (exact) mass is 532 g/mol. The van der Waals surface area contributed by atoms with Gasteiger partial charge in [-0.15, -0.1) is 0 Å². The number of carbonyl (C=O) groups excluding carboxylic acids is 1. The third kappa shape index (κ3) is 5.69. The molecule has 0 unspecified atom stereocenters. The van der Waals surface area contributed by atoms with E-state index >= 15 is 0 Å². The number of ketones is 1. The third-order valence-corrected chi connectivity index (χ3v) is 7.81. The maximum atomic E-state index is 14.5. The van der Waals surface area contributed by atoms with Gasteiger partial charge in [-0.05, 0) is 61.1 Å². The standard InChI is InChI=1S/C35H36N2O3/c38-35(29-17-11-19-31(33(29)36-21-7-8-22-36)39-25-27-13-3-1-4-14-27)30-18-12-20-32(34(30)37-23-9-10-24-37)40-26-28-15-5-2-6-16-28/h1-6,11-20H,7-10,21-26H2. The summed E-state index contributed by atoms with van der Waals surface area (Å²) in [5.74, 6) is 1.53. The summed E-state index contributed by atoms with van der Waals surface area (Å²) in [5, 5.41) is 0. The van der Waals surface area contributed by atoms with Gasteiger partial charge in [0.15, 0.2) is 5.78 Å². The quantitative estimate of drug-likeness (QED) is 0.201. The van der Waals surface area contributed by atoms with Crippen molar-refractivity contribution in [2.24, 2.45) is 0 Å². The maximum Gasteiger partial charge on any atom is 0.197 e. The number of rotatable bonds is 10. The van der Waals surface area contributed by atoms with E-state index in [-0.39, 0.29) is 5.78 Å². The lowest BCUT2D eigenvalue weighted by molar-refractivity contribution is 0.103. The van der Waals surface area contributed by atoms with E-state index < -0.39 is 0 Å². The molecule has 4 aromatic carbocycles. The zero-order chi connectivity index (χ0) is 27.1. The molecule has 0 aromatic heterocycles. The fourth-order valence-electron chi connectivity index (χ4n) is 5.79. The third-order valence-electron chi connectivity index (χ3n) is 7.81. The van der Waals surface area contributed by atoms with Crippen LogP contribution in [0, 0.1) is 0 Å². The number of para-hydroxylation sites is 2. The molecule has 0 spiro atoms. The van der Waals surface area contributed by atoms with Crippen LogP contribution in [0.5, 0.6) is 11.5 Å². The molecule has 5 heteroatoms. The number of nitrogens with zero attached hydrogens (tertiary/aromatic N) is 2. The number of hydrogen-bond acceptors (Lipinski definition) is 5. The summed E-state index contributed by atoms with van der Waals surface area (Å²) in [7, 11) is 0. The Balaban J connectivity index is 1.37. The molecule has 0 aliphatic carbocycles. The Labute approximate surface area is 237 Å². The van der Waals surface area contributed by atoms with Gasteiger partial charge in [0.2, 0.25) is 0 Å². The van der Waals surface area contributed by atoms with Crippen LogP contribution in [0.2, 0.25) is 0 Å². The minimum absolute atomic E-state index is 0.0131. The molecule has 2 fully saturated rings. The molecule has 0 N–H and O–H groups in total. The van der Waals surface area contributed by atoms with Crippen molar-refractivity contribution >= 4 is 17.2 Å². The first-order valence-electron chi connectivity index (χ1n) is 14.4. The molecule has 204 valence electrons. The molecular formula is C35H36N2O3. The number of benzene rings is 4. The van der Waals surface area contributed by atoms with E-state index in [0.717, 1.165) is 85.9 Å². The van der Waals surface area contributed by atoms with Crippen molar-refractivity contribution in [1.29, 1.82) is 0 Å². The Morgan fingerprint density at radius 2 is 0.925 bits per heavy atom. The molecular weight excluding hydrogens is 496 g/mol. The van der Waals surface area contributed by atoms with Crippen LogP contribution in [0.1, 0.15) is 52.7 Å². The van der Waals surface area contributed by atoms with Crippen LogP contribution < -0.4 is 19.3 Å². The highest BCUT2D eigenvalue weighted by Gasteiger charge is 2.29. The van der Waals surface area contributed by atoms with Gasteiger partial charge in [-0.1, -0.05) is 72.8 Å². The topological polar surface area (TPSA) is 42.0 Å². The zero-order valence-corrected chi connectivity index (χ0v) is 22.9. The van der Waals surface area contributed by atoms with Gasteiger partial charge in [0.25, 0.3) is 0 Å². The molecule has 2 heterocycles. The van der Waals surface area contributed by atoms with E-state index in [0.29, 0.717) is 24.3 Å². The fraction of sp³-hybridized carbons (Fsp3) is 0.286. The summed E-state index contributed by atoms with van der Waals surface area (Å²) >= 11 is 0. The van der Waals surface area contributed by atoms with Crippen LogP contribution >= 0.6 is 0 Å². The summed E-state index contributed by atoms with van der Waals surface area (Å²) in [6.45, 7) is 4.61. The number of anilines is 2. The largest absolute Gasteiger partial charge is 0.487 e. The molecule has 0 radical (unpaired) electrons. The van der Waals surface area contributed by atoms with E-state index in [1.165, 1.54) is 0 Å². The molecule has 2 saturated heterocycles. The first-order valence-corrected chi connectivity index (χ1v) is 14.4. The first kappa shape index (κ1) is 26.0. The lowest BCUT2D eigenvalue weighted by atomic mass is 9.98. The van der Waals surface area contributed by atoms with Gasteiger partial charge in [-0.3, -0.25) is 4.79 Å². The lowest BCUT2D eigenvalue weighted by Gasteiger charge is -2.27. The Morgan fingerprint density at radius 3 is 1.32 bits per heavy atom. The number of hydrogen-bond donors (Lipinski definition) is 0. The van der Waals surface area contributed by atoms with E-state index in [1.54, 1.807) is 0 Å². The molecule has 0 saturated carbocycles. The van der Waals surface area contributed by atoms with Crippen LogP contribution in [0.25, 0.3) is 0 Å². The second-order valence-corrected chi connectivity index (χ2v) is 10.6. The van der Waals surface area contributed by atoms with Gasteiger partial charge in [-0.25, -0.2) is 0 Å². The van der Waals surface area contributed by atoms with Crippen molar-refractivity contribution < 1.29 is 14.3 Å². The van der Waals surface area contributed by atoms with Crippen LogP contribution in [-0.2, 0) is 13.2 Å². The van der Waals surface area contributed by atoms with Crippen molar-refractivity contribution in [3.05, 3.63) is 119 Å². The van der Waals surface area contributed by atoms with Gasteiger partial charge in [0, 0.05) is 37.3 Å². The van der Waals surface area contributed by atoms with Crippen molar-refractivity contribution in [2.75, 3.05) is 36.0 Å². The minimum Gasteiger partial charge on any atom is -0.487 e. The fourth-order valence-corrected chi connectivity index (χ4v) is 5.79. The number of ether oxygens (including phenoxy) is 2. The summed E-state index contributed by atoms with van der Waals surface area (Å²) in [6.07, 6.45) is 4.45. The SMILES string of the molecule is O=C(c1cccc(OCc2ccccc2)c1N1CCCC1)c1cccc(OCc2ccccc2)c1N1CCCC1. The van der Waals surface area contributed by atoms with E-state index in [1.807, 2.05) is 72.8 Å². The van der Waals surface area contributed by atoms with E-state index in [4.69, 9.17) is 9.47 Å². The van der Waals surface area contributed by atoms with Crippen molar-refractivity contribution in [3.8, 4) is 11.5 Å². The lowest BCUT2D eigenvalue weighted by Crippen LogP contribution is -2.24. The molecule has 2 aliphatic heterocycles. The van der Waals surface area contributed by atoms with Crippen LogP contribution in [0.3, 0.4) is 0 Å². The van der Waals surface area contributed by atoms with Gasteiger partial charge in [0.05, 0.1) is 11.4 Å². The molecule has 0 bridgehead atoms. The summed E-state index contributed by atoms with van der Waals surface area (Å²) < 4.78 is 12.7. The molecule has 0 amide bonds. The van der Waals surface area contributed by atoms with Gasteiger partial charge in [-0.2, -0.15) is 0 Å². The predicted octanol–water partition coefficient (Wildman–Crippen LogP) is 7.28. The first-order chi connectivity index (χ1) is 19.8. The van der Waals surface area contributed by atoms with Crippen LogP contribution in [0.15, 0.2) is 97.1 Å². The van der Waals surface area contributed by atoms with E-state index in [2.05, 4.69) is 34.1 Å². The molecule has 2 aliphatic rings. The van der Waals surface area contributed by atoms with Crippen molar-refractivity contribution in [2.45, 2.75) is 38.9 Å². The van der Waals surface area contributed by atoms with Gasteiger partial charge >= 0.3 is 0 Å². The Morgan fingerprint density at radius 1 is 0.525 bits per heavy atom. The highest BCUT2D eigenvalue weighted by atomic mass is 16.5. The smallest absolute Gasteiger partial charge is 0.197 e. The maximum absolute atomic E-state index is 14.5. The Bertz CT molecular complexity index is 1320. The highest BCUT2D eigenvalue weighted by molar-refractivity contribution is 6.16. The Kier molecular flexibility index (Phi) is 7.99. The van der Waals surface area contributed by atoms with Gasteiger partial charge in [0.1, 0.15) is 24.7 Å². The highest BCUT2D eigenvalue weighted by Crippen LogP contribution is 2.40. The second-order valence-electron chi connectivity index (χ2n) is 10.6.